The van der Waals surface area contributed by atoms with Crippen LogP contribution >= 0.6 is 0 Å². The molecule has 0 saturated carbocycles. The Bertz CT molecular complexity index is 184. The minimum atomic E-state index is -0.172. The molecule has 1 amide bonds. The second kappa shape index (κ2) is 4.46. The lowest BCUT2D eigenvalue weighted by atomic mass is 10.2. The van der Waals surface area contributed by atoms with Gasteiger partial charge in [0.15, 0.2) is 0 Å². The van der Waals surface area contributed by atoms with Crippen LogP contribution < -0.4 is 5.32 Å². The van der Waals surface area contributed by atoms with Crippen LogP contribution in [0.5, 0.6) is 0 Å². The number of carbonyl (C=O) groups is 1. The standard InChI is InChI=1S/C9H18N2O2/c1-4-7(2)11-8(5-10-3)6-13-9(11)12/h7-8,10H,4-6H2,1-3H3. The van der Waals surface area contributed by atoms with Gasteiger partial charge in [-0.05, 0) is 20.4 Å². The van der Waals surface area contributed by atoms with E-state index in [1.54, 1.807) is 0 Å². The molecule has 1 N–H and O–H groups in total. The van der Waals surface area contributed by atoms with Gasteiger partial charge in [0, 0.05) is 12.6 Å². The molecule has 1 saturated heterocycles. The Kier molecular flexibility index (Phi) is 3.54. The molecule has 0 aromatic carbocycles. The van der Waals surface area contributed by atoms with E-state index in [1.807, 2.05) is 11.9 Å². The van der Waals surface area contributed by atoms with E-state index in [0.29, 0.717) is 6.61 Å². The summed E-state index contributed by atoms with van der Waals surface area (Å²) in [5.41, 5.74) is 0. The molecular weight excluding hydrogens is 168 g/mol. The van der Waals surface area contributed by atoms with Gasteiger partial charge in [0.1, 0.15) is 6.61 Å². The Morgan fingerprint density at radius 2 is 2.46 bits per heavy atom. The molecule has 1 fully saturated rings. The summed E-state index contributed by atoms with van der Waals surface area (Å²) in [4.78, 5) is 13.2. The largest absolute Gasteiger partial charge is 0.447 e. The SMILES string of the molecule is CCC(C)N1C(=O)OCC1CNC. The zero-order valence-electron chi connectivity index (χ0n) is 8.54. The van der Waals surface area contributed by atoms with Gasteiger partial charge in [-0.1, -0.05) is 6.92 Å². The number of amides is 1. The van der Waals surface area contributed by atoms with E-state index in [2.05, 4.69) is 19.2 Å². The molecule has 2 unspecified atom stereocenters. The van der Waals surface area contributed by atoms with Crippen molar-refractivity contribution >= 4 is 6.09 Å². The van der Waals surface area contributed by atoms with Gasteiger partial charge in [-0.15, -0.1) is 0 Å². The molecule has 0 aromatic rings. The van der Waals surface area contributed by atoms with Crippen molar-refractivity contribution in [2.45, 2.75) is 32.4 Å². The van der Waals surface area contributed by atoms with Gasteiger partial charge in [0.05, 0.1) is 6.04 Å². The summed E-state index contributed by atoms with van der Waals surface area (Å²) in [6.07, 6.45) is 0.796. The van der Waals surface area contributed by atoms with E-state index >= 15 is 0 Å². The molecule has 0 radical (unpaired) electrons. The molecule has 0 aliphatic carbocycles. The maximum Gasteiger partial charge on any atom is 0.410 e. The Labute approximate surface area is 79.2 Å². The summed E-state index contributed by atoms with van der Waals surface area (Å²) in [7, 11) is 1.89. The smallest absolute Gasteiger partial charge is 0.410 e. The monoisotopic (exact) mass is 186 g/mol. The van der Waals surface area contributed by atoms with Crippen molar-refractivity contribution in [2.75, 3.05) is 20.2 Å². The van der Waals surface area contributed by atoms with E-state index < -0.39 is 0 Å². The zero-order valence-corrected chi connectivity index (χ0v) is 8.54. The van der Waals surface area contributed by atoms with Crippen LogP contribution in [0.15, 0.2) is 0 Å². The number of rotatable bonds is 4. The summed E-state index contributed by atoms with van der Waals surface area (Å²) in [5.74, 6) is 0. The predicted molar refractivity (Wildman–Crippen MR) is 50.7 cm³/mol. The topological polar surface area (TPSA) is 41.6 Å². The number of likely N-dealkylation sites (N-methyl/N-ethyl adjacent to an activating group) is 1. The average Bonchev–Trinajstić information content (AvgIpc) is 2.47. The van der Waals surface area contributed by atoms with Crippen LogP contribution in [0.4, 0.5) is 4.79 Å². The van der Waals surface area contributed by atoms with Crippen molar-refractivity contribution in [1.82, 2.24) is 10.2 Å². The van der Waals surface area contributed by atoms with Gasteiger partial charge in [-0.2, -0.15) is 0 Å². The third-order valence-corrected chi connectivity index (χ3v) is 2.51. The molecule has 0 aromatic heterocycles. The molecule has 4 heteroatoms. The first-order valence-electron chi connectivity index (χ1n) is 4.80. The van der Waals surface area contributed by atoms with Crippen LogP contribution in [0.1, 0.15) is 20.3 Å². The number of nitrogens with zero attached hydrogens (tertiary/aromatic N) is 1. The number of carbonyl (C=O) groups excluding carboxylic acids is 1. The fourth-order valence-corrected chi connectivity index (χ4v) is 1.60. The Morgan fingerprint density at radius 1 is 1.77 bits per heavy atom. The van der Waals surface area contributed by atoms with E-state index in [1.165, 1.54) is 0 Å². The average molecular weight is 186 g/mol. The Morgan fingerprint density at radius 3 is 3.00 bits per heavy atom. The van der Waals surface area contributed by atoms with Gasteiger partial charge in [0.25, 0.3) is 0 Å². The zero-order chi connectivity index (χ0) is 9.84. The fraction of sp³-hybridized carbons (Fsp3) is 0.889. The molecule has 76 valence electrons. The van der Waals surface area contributed by atoms with Crippen molar-refractivity contribution in [3.05, 3.63) is 0 Å². The number of hydrogen-bond donors (Lipinski definition) is 1. The van der Waals surface area contributed by atoms with Crippen molar-refractivity contribution in [3.8, 4) is 0 Å². The molecule has 2 atom stereocenters. The second-order valence-electron chi connectivity index (χ2n) is 3.45. The van der Waals surface area contributed by atoms with Crippen LogP contribution in [0.2, 0.25) is 0 Å². The minimum absolute atomic E-state index is 0.172. The van der Waals surface area contributed by atoms with Crippen molar-refractivity contribution in [1.29, 1.82) is 0 Å². The number of hydrogen-bond acceptors (Lipinski definition) is 3. The lowest BCUT2D eigenvalue weighted by molar-refractivity contribution is 0.146. The highest BCUT2D eigenvalue weighted by atomic mass is 16.6. The van der Waals surface area contributed by atoms with Crippen LogP contribution in [0.3, 0.4) is 0 Å². The van der Waals surface area contributed by atoms with E-state index in [9.17, 15) is 4.79 Å². The third kappa shape index (κ3) is 2.12. The molecule has 1 aliphatic rings. The maximum absolute atomic E-state index is 11.3. The fourth-order valence-electron chi connectivity index (χ4n) is 1.60. The molecule has 4 nitrogen and oxygen atoms in total. The van der Waals surface area contributed by atoms with Crippen LogP contribution in [-0.4, -0.2) is 43.3 Å². The second-order valence-corrected chi connectivity index (χ2v) is 3.45. The number of nitrogens with one attached hydrogen (secondary N) is 1. The number of cyclic esters (lactones) is 1. The van der Waals surface area contributed by atoms with Crippen molar-refractivity contribution < 1.29 is 9.53 Å². The molecule has 0 spiro atoms. The van der Waals surface area contributed by atoms with Gasteiger partial charge in [-0.3, -0.25) is 4.90 Å². The van der Waals surface area contributed by atoms with Gasteiger partial charge in [0.2, 0.25) is 0 Å². The highest BCUT2D eigenvalue weighted by Gasteiger charge is 2.34. The van der Waals surface area contributed by atoms with Crippen LogP contribution in [-0.2, 0) is 4.74 Å². The molecule has 1 rings (SSSR count). The first-order valence-corrected chi connectivity index (χ1v) is 4.80. The molecular formula is C9H18N2O2. The minimum Gasteiger partial charge on any atom is -0.447 e. The van der Waals surface area contributed by atoms with E-state index in [-0.39, 0.29) is 18.2 Å². The highest BCUT2D eigenvalue weighted by Crippen LogP contribution is 2.17. The quantitative estimate of drug-likeness (QED) is 0.707. The van der Waals surface area contributed by atoms with Crippen LogP contribution in [0, 0.1) is 0 Å². The number of ether oxygens (including phenoxy) is 1. The molecule has 13 heavy (non-hydrogen) atoms. The molecule has 1 heterocycles. The summed E-state index contributed by atoms with van der Waals surface area (Å²) in [5, 5.41) is 3.07. The predicted octanol–water partition coefficient (Wildman–Crippen LogP) is 0.825. The first-order chi connectivity index (χ1) is 6.20. The summed E-state index contributed by atoms with van der Waals surface area (Å²) in [6, 6.07) is 0.473. The lowest BCUT2D eigenvalue weighted by Crippen LogP contribution is -2.44. The Balaban J connectivity index is 2.59. The third-order valence-electron chi connectivity index (χ3n) is 2.51. The summed E-state index contributed by atoms with van der Waals surface area (Å²) < 4.78 is 5.00. The van der Waals surface area contributed by atoms with Gasteiger partial charge >= 0.3 is 6.09 Å². The summed E-state index contributed by atoms with van der Waals surface area (Å²) >= 11 is 0. The first kappa shape index (κ1) is 10.3. The normalized spacial score (nSPS) is 24.7. The molecule has 0 bridgehead atoms. The molecule has 1 aliphatic heterocycles. The van der Waals surface area contributed by atoms with E-state index in [4.69, 9.17) is 4.74 Å². The van der Waals surface area contributed by atoms with E-state index in [0.717, 1.165) is 13.0 Å². The lowest BCUT2D eigenvalue weighted by Gasteiger charge is -2.26. The van der Waals surface area contributed by atoms with Crippen molar-refractivity contribution in [3.63, 3.8) is 0 Å². The van der Waals surface area contributed by atoms with Gasteiger partial charge < -0.3 is 10.1 Å². The maximum atomic E-state index is 11.3. The Hall–Kier alpha value is -0.770. The van der Waals surface area contributed by atoms with Crippen LogP contribution in [0.25, 0.3) is 0 Å². The van der Waals surface area contributed by atoms with Gasteiger partial charge in [-0.25, -0.2) is 4.79 Å². The summed E-state index contributed by atoms with van der Waals surface area (Å²) in [6.45, 7) is 5.45. The van der Waals surface area contributed by atoms with Crippen molar-refractivity contribution in [2.24, 2.45) is 0 Å². The highest BCUT2D eigenvalue weighted by molar-refractivity contribution is 5.70.